The number of hydrogen-bond acceptors (Lipinski definition) is 6. The highest BCUT2D eigenvalue weighted by Crippen LogP contribution is 2.28. The monoisotopic (exact) mass is 367 g/mol. The summed E-state index contributed by atoms with van der Waals surface area (Å²) in [5, 5.41) is 0. The lowest BCUT2D eigenvalue weighted by molar-refractivity contribution is -0.132. The minimum atomic E-state index is -0.495. The number of ether oxygens (including phenoxy) is 2. The minimum absolute atomic E-state index is 0.0284. The molecule has 1 fully saturated rings. The van der Waals surface area contributed by atoms with Gasteiger partial charge in [0.1, 0.15) is 6.54 Å². The molecular formula is C16H21N3O5S. The molecule has 2 rings (SSSR count). The van der Waals surface area contributed by atoms with Crippen LogP contribution in [0, 0.1) is 0 Å². The average Bonchev–Trinajstić information content (AvgIpc) is 2.97. The van der Waals surface area contributed by atoms with Gasteiger partial charge in [-0.3, -0.25) is 25.2 Å². The number of benzene rings is 1. The van der Waals surface area contributed by atoms with Crippen molar-refractivity contribution in [1.82, 2.24) is 15.8 Å². The topological polar surface area (TPSA) is 97.0 Å². The van der Waals surface area contributed by atoms with Gasteiger partial charge in [-0.05, 0) is 32.0 Å². The van der Waals surface area contributed by atoms with Gasteiger partial charge in [-0.25, -0.2) is 0 Å². The highest BCUT2D eigenvalue weighted by Gasteiger charge is 2.23. The molecule has 8 nitrogen and oxygen atoms in total. The van der Waals surface area contributed by atoms with E-state index in [0.29, 0.717) is 28.7 Å². The Morgan fingerprint density at radius 1 is 1.28 bits per heavy atom. The Bertz CT molecular complexity index is 665. The number of carbonyl (C=O) groups excluding carboxylic acids is 3. The predicted molar refractivity (Wildman–Crippen MR) is 93.4 cm³/mol. The van der Waals surface area contributed by atoms with Gasteiger partial charge in [0.2, 0.25) is 5.91 Å². The van der Waals surface area contributed by atoms with Crippen LogP contribution in [0.5, 0.6) is 11.5 Å². The molecule has 1 aromatic carbocycles. The Labute approximate surface area is 150 Å². The van der Waals surface area contributed by atoms with Crippen LogP contribution in [0.1, 0.15) is 24.2 Å². The smallest absolute Gasteiger partial charge is 0.269 e. The number of amides is 3. The molecule has 1 aliphatic rings. The second-order valence-corrected chi connectivity index (χ2v) is 6.56. The lowest BCUT2D eigenvalue weighted by Gasteiger charge is -2.16. The van der Waals surface area contributed by atoms with Gasteiger partial charge < -0.3 is 14.4 Å². The Kier molecular flexibility index (Phi) is 6.51. The quantitative estimate of drug-likeness (QED) is 0.721. The Morgan fingerprint density at radius 2 is 2.04 bits per heavy atom. The average molecular weight is 367 g/mol. The summed E-state index contributed by atoms with van der Waals surface area (Å²) in [6.07, 6.45) is -0.0284. The molecule has 1 heterocycles. The normalized spacial score (nSPS) is 13.8. The molecule has 1 aromatic rings. The number of carbonyl (C=O) groups is 3. The number of rotatable bonds is 6. The molecule has 9 heteroatoms. The van der Waals surface area contributed by atoms with Gasteiger partial charge in [-0.1, -0.05) is 0 Å². The first-order chi connectivity index (χ1) is 11.9. The molecule has 2 N–H and O–H groups in total. The van der Waals surface area contributed by atoms with Crippen LogP contribution in [0.4, 0.5) is 0 Å². The van der Waals surface area contributed by atoms with Crippen LogP contribution in [0.25, 0.3) is 0 Å². The van der Waals surface area contributed by atoms with Crippen molar-refractivity contribution in [3.8, 4) is 11.5 Å². The van der Waals surface area contributed by atoms with Crippen LogP contribution in [0.2, 0.25) is 0 Å². The summed E-state index contributed by atoms with van der Waals surface area (Å²) in [6.45, 7) is 3.69. The molecule has 0 unspecified atom stereocenters. The molecule has 0 spiro atoms. The molecule has 0 radical (unpaired) electrons. The second kappa shape index (κ2) is 8.61. The number of nitrogens with one attached hydrogen (secondary N) is 2. The molecule has 3 amide bonds. The van der Waals surface area contributed by atoms with Crippen LogP contribution < -0.4 is 20.3 Å². The zero-order valence-electron chi connectivity index (χ0n) is 14.3. The minimum Gasteiger partial charge on any atom is -0.493 e. The van der Waals surface area contributed by atoms with Gasteiger partial charge in [-0.2, -0.15) is 0 Å². The zero-order chi connectivity index (χ0) is 18.4. The molecule has 0 saturated carbocycles. The van der Waals surface area contributed by atoms with Crippen LogP contribution in [-0.2, 0) is 9.59 Å². The van der Waals surface area contributed by atoms with Crippen molar-refractivity contribution in [3.63, 3.8) is 0 Å². The molecular weight excluding hydrogens is 346 g/mol. The molecule has 0 atom stereocenters. The van der Waals surface area contributed by atoms with Gasteiger partial charge in [0.25, 0.3) is 11.8 Å². The second-order valence-electron chi connectivity index (χ2n) is 5.60. The standard InChI is InChI=1S/C16H21N3O5S/c1-10(2)24-12-5-4-11(6-13(12)23-3)16(22)18-17-14(20)7-19-9-25-8-15(19)21/h4-6,10H,7-9H2,1-3H3,(H,17,20)(H,18,22). The van der Waals surface area contributed by atoms with E-state index in [1.54, 1.807) is 12.1 Å². The number of hydrazine groups is 1. The highest BCUT2D eigenvalue weighted by molar-refractivity contribution is 8.00. The summed E-state index contributed by atoms with van der Waals surface area (Å²) in [5.41, 5.74) is 4.92. The number of thioether (sulfide) groups is 1. The zero-order valence-corrected chi connectivity index (χ0v) is 15.1. The van der Waals surface area contributed by atoms with Crippen molar-refractivity contribution < 1.29 is 23.9 Å². The van der Waals surface area contributed by atoms with E-state index in [9.17, 15) is 14.4 Å². The summed E-state index contributed by atoms with van der Waals surface area (Å²) in [6, 6.07) is 4.73. The van der Waals surface area contributed by atoms with E-state index in [1.807, 2.05) is 13.8 Å². The summed E-state index contributed by atoms with van der Waals surface area (Å²) >= 11 is 1.45. The summed E-state index contributed by atoms with van der Waals surface area (Å²) in [7, 11) is 1.48. The molecule has 25 heavy (non-hydrogen) atoms. The first-order valence-electron chi connectivity index (χ1n) is 7.70. The van der Waals surface area contributed by atoms with Crippen molar-refractivity contribution in [2.45, 2.75) is 20.0 Å². The van der Waals surface area contributed by atoms with E-state index < -0.39 is 11.8 Å². The SMILES string of the molecule is COc1cc(C(=O)NNC(=O)CN2CSCC2=O)ccc1OC(C)C. The lowest BCUT2D eigenvalue weighted by Crippen LogP contribution is -2.46. The van der Waals surface area contributed by atoms with E-state index in [1.165, 1.54) is 29.8 Å². The summed E-state index contributed by atoms with van der Waals surface area (Å²) in [5.74, 6) is 0.770. The molecule has 0 aromatic heterocycles. The number of methoxy groups -OCH3 is 1. The molecule has 1 saturated heterocycles. The molecule has 1 aliphatic heterocycles. The lowest BCUT2D eigenvalue weighted by atomic mass is 10.2. The maximum absolute atomic E-state index is 12.1. The van der Waals surface area contributed by atoms with Gasteiger partial charge in [0.05, 0.1) is 24.8 Å². The van der Waals surface area contributed by atoms with E-state index in [4.69, 9.17) is 9.47 Å². The maximum Gasteiger partial charge on any atom is 0.269 e. The summed E-state index contributed by atoms with van der Waals surface area (Å²) < 4.78 is 10.8. The summed E-state index contributed by atoms with van der Waals surface area (Å²) in [4.78, 5) is 36.8. The van der Waals surface area contributed by atoms with Gasteiger partial charge >= 0.3 is 0 Å². The van der Waals surface area contributed by atoms with E-state index in [-0.39, 0.29) is 18.6 Å². The van der Waals surface area contributed by atoms with Crippen molar-refractivity contribution in [1.29, 1.82) is 0 Å². The van der Waals surface area contributed by atoms with Crippen LogP contribution in [0.15, 0.2) is 18.2 Å². The Hall–Kier alpha value is -2.42. The van der Waals surface area contributed by atoms with Crippen LogP contribution >= 0.6 is 11.8 Å². The molecule has 136 valence electrons. The third kappa shape index (κ3) is 5.28. The van der Waals surface area contributed by atoms with Gasteiger partial charge in [-0.15, -0.1) is 11.8 Å². The van der Waals surface area contributed by atoms with Crippen LogP contribution in [0.3, 0.4) is 0 Å². The van der Waals surface area contributed by atoms with Crippen molar-refractivity contribution >= 4 is 29.5 Å². The Morgan fingerprint density at radius 3 is 2.64 bits per heavy atom. The largest absolute Gasteiger partial charge is 0.493 e. The first-order valence-corrected chi connectivity index (χ1v) is 8.85. The Balaban J connectivity index is 1.91. The molecule has 0 aliphatic carbocycles. The fourth-order valence-electron chi connectivity index (χ4n) is 2.11. The highest BCUT2D eigenvalue weighted by atomic mass is 32.2. The van der Waals surface area contributed by atoms with Crippen LogP contribution in [-0.4, -0.2) is 54.0 Å². The van der Waals surface area contributed by atoms with Crippen molar-refractivity contribution in [2.75, 3.05) is 25.3 Å². The van der Waals surface area contributed by atoms with E-state index in [2.05, 4.69) is 10.9 Å². The predicted octanol–water partition coefficient (Wildman–Crippen LogP) is 0.776. The van der Waals surface area contributed by atoms with E-state index in [0.717, 1.165) is 0 Å². The third-order valence-corrected chi connectivity index (χ3v) is 4.21. The molecule has 0 bridgehead atoms. The fraction of sp³-hybridized carbons (Fsp3) is 0.438. The van der Waals surface area contributed by atoms with E-state index >= 15 is 0 Å². The van der Waals surface area contributed by atoms with Crippen molar-refractivity contribution in [3.05, 3.63) is 23.8 Å². The van der Waals surface area contributed by atoms with Gasteiger partial charge in [0.15, 0.2) is 11.5 Å². The maximum atomic E-state index is 12.1. The fourth-order valence-corrected chi connectivity index (χ4v) is 3.02. The van der Waals surface area contributed by atoms with Crippen molar-refractivity contribution in [2.24, 2.45) is 0 Å². The third-order valence-electron chi connectivity index (χ3n) is 3.26. The number of nitrogens with zero attached hydrogens (tertiary/aromatic N) is 1. The number of hydrogen-bond donors (Lipinski definition) is 2. The first kappa shape index (κ1) is 18.9. The van der Waals surface area contributed by atoms with Gasteiger partial charge in [0, 0.05) is 5.56 Å².